The Bertz CT molecular complexity index is 722. The second kappa shape index (κ2) is 15.1. The molecule has 0 aliphatic carbocycles. The van der Waals surface area contributed by atoms with E-state index >= 15 is 0 Å². The molecule has 0 spiro atoms. The normalized spacial score (nSPS) is 13.6. The molecule has 218 valence electrons. The quantitative estimate of drug-likeness (QED) is 0.151. The molecule has 0 saturated heterocycles. The van der Waals surface area contributed by atoms with Gasteiger partial charge in [-0.15, -0.1) is 0 Å². The van der Waals surface area contributed by atoms with Gasteiger partial charge >= 0.3 is 24.2 Å². The molecule has 14 heteroatoms. The Labute approximate surface area is 217 Å². The van der Waals surface area contributed by atoms with Crippen molar-refractivity contribution in [3.05, 3.63) is 35.9 Å². The maximum atomic E-state index is 13.1. The van der Waals surface area contributed by atoms with E-state index in [0.29, 0.717) is 24.6 Å². The molecule has 0 bridgehead atoms. The molecule has 0 atom stereocenters. The van der Waals surface area contributed by atoms with Crippen LogP contribution in [0.1, 0.15) is 32.3 Å². The summed E-state index contributed by atoms with van der Waals surface area (Å²) in [6.45, 7) is -0.303. The van der Waals surface area contributed by atoms with Gasteiger partial charge in [-0.05, 0) is 11.5 Å². The lowest BCUT2D eigenvalue weighted by molar-refractivity contribution is -0.296. The Morgan fingerprint density at radius 2 is 1.11 bits per heavy atom. The molecule has 0 N–H and O–H groups in total. The molecule has 0 heterocycles. The van der Waals surface area contributed by atoms with Crippen LogP contribution in [0.15, 0.2) is 30.3 Å². The van der Waals surface area contributed by atoms with Crippen LogP contribution in [0.4, 0.5) is 43.9 Å². The zero-order valence-electron chi connectivity index (χ0n) is 20.5. The van der Waals surface area contributed by atoms with Gasteiger partial charge in [-0.2, -0.15) is 43.9 Å². The largest absolute Gasteiger partial charge is 1.00 e. The average molecular weight is 597 g/mol. The third-order valence-electron chi connectivity index (χ3n) is 5.35. The van der Waals surface area contributed by atoms with Crippen molar-refractivity contribution >= 4 is 7.26 Å². The third-order valence-corrected chi connectivity index (χ3v) is 10.4. The Morgan fingerprint density at radius 3 is 1.46 bits per heavy atom. The number of ether oxygens (including phenoxy) is 2. The molecule has 0 unspecified atom stereocenters. The van der Waals surface area contributed by atoms with E-state index in [1.807, 2.05) is 44.2 Å². The molecule has 1 aromatic rings. The second-order valence-electron chi connectivity index (χ2n) is 9.23. The number of alkyl halides is 10. The highest BCUT2D eigenvalue weighted by atomic mass is 35.5. The predicted octanol–water partition coefficient (Wildman–Crippen LogP) is 5.07. The second-order valence-corrected chi connectivity index (χ2v) is 13.5. The number of hydrogen-bond acceptors (Lipinski definition) is 2. The summed E-state index contributed by atoms with van der Waals surface area (Å²) in [5.74, 6) is -9.73. The fourth-order valence-corrected chi connectivity index (χ4v) is 9.00. The lowest BCUT2D eigenvalue weighted by atomic mass is 10.2. The molecule has 0 saturated carbocycles. The Hall–Kier alpha value is -0.840. The molecule has 37 heavy (non-hydrogen) atoms. The van der Waals surface area contributed by atoms with E-state index in [-0.39, 0.29) is 44.4 Å². The van der Waals surface area contributed by atoms with Crippen molar-refractivity contribution < 1.29 is 65.8 Å². The topological polar surface area (TPSA) is 18.5 Å². The van der Waals surface area contributed by atoms with Crippen molar-refractivity contribution in [2.24, 2.45) is 5.92 Å². The van der Waals surface area contributed by atoms with Gasteiger partial charge in [-0.25, -0.2) is 0 Å². The monoisotopic (exact) mass is 596 g/mol. The first-order chi connectivity index (χ1) is 16.4. The van der Waals surface area contributed by atoms with E-state index in [2.05, 4.69) is 9.47 Å². The first-order valence-corrected chi connectivity index (χ1v) is 13.9. The molecule has 0 aromatic heterocycles. The smallest absolute Gasteiger partial charge is 0.455 e. The van der Waals surface area contributed by atoms with Crippen LogP contribution in [-0.4, -0.2) is 69.1 Å². The van der Waals surface area contributed by atoms with Gasteiger partial charge in [-0.1, -0.05) is 44.2 Å². The first kappa shape index (κ1) is 36.2. The summed E-state index contributed by atoms with van der Waals surface area (Å²) in [6, 6.07) is 9.23. The van der Waals surface area contributed by atoms with Crippen molar-refractivity contribution in [2.75, 3.05) is 44.9 Å². The van der Waals surface area contributed by atoms with E-state index in [4.69, 9.17) is 0 Å². The van der Waals surface area contributed by atoms with Crippen molar-refractivity contribution in [1.82, 2.24) is 0 Å². The molecule has 0 aliphatic heterocycles. The molecule has 0 amide bonds. The van der Waals surface area contributed by atoms with Crippen LogP contribution in [0.2, 0.25) is 0 Å². The molecule has 2 nitrogen and oxygen atoms in total. The summed E-state index contributed by atoms with van der Waals surface area (Å²) in [7, 11) is -1.98. The van der Waals surface area contributed by atoms with Crippen molar-refractivity contribution in [1.29, 1.82) is 0 Å². The van der Waals surface area contributed by atoms with Gasteiger partial charge in [0, 0.05) is 20.1 Å². The van der Waals surface area contributed by atoms with Gasteiger partial charge in [0.1, 0.15) is 13.2 Å². The van der Waals surface area contributed by atoms with Crippen molar-refractivity contribution in [2.45, 2.75) is 57.0 Å². The maximum Gasteiger partial charge on any atom is 0.455 e. The van der Waals surface area contributed by atoms with Crippen LogP contribution in [0.5, 0.6) is 0 Å². The van der Waals surface area contributed by atoms with E-state index in [9.17, 15) is 43.9 Å². The SMILES string of the molecule is CC(C)C[P+](CCCOCC(F)(F)C(F)(F)F)(CCCOCC(F)(F)C(F)(F)F)Cc1ccccc1.[Cl-]. The van der Waals surface area contributed by atoms with Crippen LogP contribution in [0.3, 0.4) is 0 Å². The summed E-state index contributed by atoms with van der Waals surface area (Å²) in [4.78, 5) is 0. The van der Waals surface area contributed by atoms with E-state index in [1.165, 1.54) is 0 Å². The van der Waals surface area contributed by atoms with Crippen LogP contribution in [-0.2, 0) is 15.6 Å². The van der Waals surface area contributed by atoms with Crippen LogP contribution in [0.25, 0.3) is 0 Å². The Kier molecular flexibility index (Phi) is 14.7. The standard InChI is InChI=1S/C23H32F10O2P.ClH/c1-18(2)14-36(15-19-8-4-3-5-9-19,12-6-10-34-16-20(24,25)22(28,29)30)13-7-11-35-17-21(26,27)23(31,32)33;/h3-5,8-9,18H,6-7,10-17H2,1-2H3;1H/q+1;/p-1. The minimum Gasteiger partial charge on any atom is -1.00 e. The minimum atomic E-state index is -5.71. The summed E-state index contributed by atoms with van der Waals surface area (Å²) < 4.78 is 135. The zero-order valence-corrected chi connectivity index (χ0v) is 22.1. The molecule has 1 aromatic carbocycles. The Morgan fingerprint density at radius 1 is 0.703 bits per heavy atom. The van der Waals surface area contributed by atoms with E-state index in [1.54, 1.807) is 0 Å². The highest BCUT2D eigenvalue weighted by Gasteiger charge is 2.58. The van der Waals surface area contributed by atoms with Crippen molar-refractivity contribution in [3.8, 4) is 0 Å². The molecule has 1 rings (SSSR count). The van der Waals surface area contributed by atoms with Gasteiger partial charge in [0.2, 0.25) is 0 Å². The predicted molar refractivity (Wildman–Crippen MR) is 119 cm³/mol. The molecular formula is C23H32ClF10O2P. The zero-order chi connectivity index (χ0) is 27.7. The van der Waals surface area contributed by atoms with E-state index in [0.717, 1.165) is 5.56 Å². The van der Waals surface area contributed by atoms with Gasteiger partial charge in [0.05, 0.1) is 37.9 Å². The fraction of sp³-hybridized carbons (Fsp3) is 0.739. The summed E-state index contributed by atoms with van der Waals surface area (Å²) >= 11 is 0. The number of hydrogen-bond donors (Lipinski definition) is 0. The molecular weight excluding hydrogens is 565 g/mol. The summed E-state index contributed by atoms with van der Waals surface area (Å²) in [6.07, 6.45) is -8.77. The lowest BCUT2D eigenvalue weighted by Crippen LogP contribution is -3.00. The average Bonchev–Trinajstić information content (AvgIpc) is 2.71. The van der Waals surface area contributed by atoms with Crippen LogP contribution in [0, 0.1) is 5.92 Å². The molecule has 0 radical (unpaired) electrons. The van der Waals surface area contributed by atoms with Gasteiger partial charge < -0.3 is 21.9 Å². The maximum absolute atomic E-state index is 13.1. The van der Waals surface area contributed by atoms with Crippen molar-refractivity contribution in [3.63, 3.8) is 0 Å². The first-order valence-electron chi connectivity index (χ1n) is 11.3. The molecule has 0 fully saturated rings. The van der Waals surface area contributed by atoms with Gasteiger partial charge in [-0.3, -0.25) is 0 Å². The highest BCUT2D eigenvalue weighted by Crippen LogP contribution is 2.63. The fourth-order valence-electron chi connectivity index (χ4n) is 3.83. The third kappa shape index (κ3) is 12.7. The summed E-state index contributed by atoms with van der Waals surface area (Å²) in [5.41, 5.74) is 0.973. The highest BCUT2D eigenvalue weighted by molar-refractivity contribution is 7.75. The number of benzene rings is 1. The lowest BCUT2D eigenvalue weighted by Gasteiger charge is -2.30. The van der Waals surface area contributed by atoms with Gasteiger partial charge in [0.15, 0.2) is 0 Å². The summed E-state index contributed by atoms with van der Waals surface area (Å²) in [5, 5.41) is 0. The molecule has 0 aliphatic rings. The Balaban J connectivity index is 0.0000130. The van der Waals surface area contributed by atoms with Gasteiger partial charge in [0.25, 0.3) is 0 Å². The number of rotatable bonds is 16. The van der Waals surface area contributed by atoms with Crippen LogP contribution >= 0.6 is 7.26 Å². The van der Waals surface area contributed by atoms with Crippen LogP contribution < -0.4 is 12.4 Å². The minimum absolute atomic E-state index is 0. The number of halogens is 11. The van der Waals surface area contributed by atoms with E-state index < -0.39 is 44.7 Å².